The maximum Gasteiger partial charge on any atom is 0.251 e. The van der Waals surface area contributed by atoms with Gasteiger partial charge in [-0.05, 0) is 56.1 Å². The van der Waals surface area contributed by atoms with Crippen LogP contribution in [0.5, 0.6) is 5.75 Å². The lowest BCUT2D eigenvalue weighted by Gasteiger charge is -2.15. The van der Waals surface area contributed by atoms with Crippen molar-refractivity contribution in [2.45, 2.75) is 6.61 Å². The van der Waals surface area contributed by atoms with Crippen LogP contribution in [-0.2, 0) is 11.3 Å². The maximum absolute atomic E-state index is 12.7. The predicted molar refractivity (Wildman–Crippen MR) is 125 cm³/mol. The highest BCUT2D eigenvalue weighted by Crippen LogP contribution is 2.30. The standard InChI is InChI=1S/C23H26ClN5O3/c1-29(2)9-8-26-23(31)18-11-19(24)20(10-16(18)14-32-3)27-22-13-25-12-21(28-22)15-4-6-17(30)7-5-15/h4-7,10-13,30H,8-9,14H2,1-3H3,(H,26,31)(H,27,28). The Bertz CT molecular complexity index is 1070. The molecule has 1 aromatic heterocycles. The first kappa shape index (κ1) is 23.5. The minimum Gasteiger partial charge on any atom is -0.508 e. The number of ether oxygens (including phenoxy) is 1. The fraction of sp³-hybridized carbons (Fsp3) is 0.261. The molecular weight excluding hydrogens is 430 g/mol. The number of anilines is 2. The summed E-state index contributed by atoms with van der Waals surface area (Å²) >= 11 is 6.49. The van der Waals surface area contributed by atoms with Gasteiger partial charge in [-0.1, -0.05) is 11.6 Å². The molecule has 2 aromatic carbocycles. The first-order chi connectivity index (χ1) is 15.4. The number of hydrogen-bond donors (Lipinski definition) is 3. The number of likely N-dealkylation sites (N-methyl/N-ethyl adjacent to an activating group) is 1. The fourth-order valence-electron chi connectivity index (χ4n) is 3.02. The van der Waals surface area contributed by atoms with Crippen molar-refractivity contribution in [3.63, 3.8) is 0 Å². The molecule has 0 radical (unpaired) electrons. The van der Waals surface area contributed by atoms with E-state index in [2.05, 4.69) is 20.6 Å². The van der Waals surface area contributed by atoms with Gasteiger partial charge in [0.15, 0.2) is 0 Å². The number of nitrogens with one attached hydrogen (secondary N) is 2. The lowest BCUT2D eigenvalue weighted by molar-refractivity contribution is 0.0946. The molecule has 1 amide bonds. The average molecular weight is 456 g/mol. The Labute approximate surface area is 192 Å². The van der Waals surface area contributed by atoms with Crippen LogP contribution in [0, 0.1) is 0 Å². The van der Waals surface area contributed by atoms with Crippen LogP contribution in [0.4, 0.5) is 11.5 Å². The molecule has 168 valence electrons. The van der Waals surface area contributed by atoms with Crippen LogP contribution in [0.1, 0.15) is 15.9 Å². The monoisotopic (exact) mass is 455 g/mol. The number of aromatic nitrogens is 2. The van der Waals surface area contributed by atoms with Gasteiger partial charge in [-0.3, -0.25) is 9.78 Å². The molecule has 0 unspecified atom stereocenters. The molecular formula is C23H26ClN5O3. The Balaban J connectivity index is 1.84. The van der Waals surface area contributed by atoms with Crippen LogP contribution in [0.25, 0.3) is 11.3 Å². The van der Waals surface area contributed by atoms with E-state index in [0.717, 1.165) is 12.1 Å². The van der Waals surface area contributed by atoms with Gasteiger partial charge in [-0.15, -0.1) is 0 Å². The third-order valence-electron chi connectivity index (χ3n) is 4.64. The second-order valence-corrected chi connectivity index (χ2v) is 7.85. The maximum atomic E-state index is 12.7. The lowest BCUT2D eigenvalue weighted by Crippen LogP contribution is -2.32. The summed E-state index contributed by atoms with van der Waals surface area (Å²) in [4.78, 5) is 23.5. The predicted octanol–water partition coefficient (Wildman–Crippen LogP) is 3.68. The highest BCUT2D eigenvalue weighted by molar-refractivity contribution is 6.33. The molecule has 1 heterocycles. The van der Waals surface area contributed by atoms with Gasteiger partial charge in [0.1, 0.15) is 11.6 Å². The number of carbonyl (C=O) groups excluding carboxylic acids is 1. The molecule has 9 heteroatoms. The number of hydrogen-bond acceptors (Lipinski definition) is 7. The fourth-order valence-corrected chi connectivity index (χ4v) is 3.23. The van der Waals surface area contributed by atoms with E-state index in [-0.39, 0.29) is 18.3 Å². The molecule has 0 spiro atoms. The van der Waals surface area contributed by atoms with E-state index in [1.807, 2.05) is 19.0 Å². The average Bonchev–Trinajstić information content (AvgIpc) is 2.76. The molecule has 0 saturated carbocycles. The van der Waals surface area contributed by atoms with Crippen LogP contribution in [0.15, 0.2) is 48.8 Å². The van der Waals surface area contributed by atoms with Crippen molar-refractivity contribution < 1.29 is 14.6 Å². The zero-order valence-corrected chi connectivity index (χ0v) is 19.0. The third kappa shape index (κ3) is 6.16. The van der Waals surface area contributed by atoms with E-state index < -0.39 is 0 Å². The summed E-state index contributed by atoms with van der Waals surface area (Å²) in [6.07, 6.45) is 3.22. The van der Waals surface area contributed by atoms with Gasteiger partial charge >= 0.3 is 0 Å². The molecule has 3 aromatic rings. The summed E-state index contributed by atoms with van der Waals surface area (Å²) < 4.78 is 5.29. The van der Waals surface area contributed by atoms with Gasteiger partial charge in [-0.2, -0.15) is 0 Å². The summed E-state index contributed by atoms with van der Waals surface area (Å²) in [6, 6.07) is 10.1. The van der Waals surface area contributed by atoms with Crippen LogP contribution < -0.4 is 10.6 Å². The zero-order valence-electron chi connectivity index (χ0n) is 18.2. The molecule has 0 fully saturated rings. The third-order valence-corrected chi connectivity index (χ3v) is 4.95. The van der Waals surface area contributed by atoms with Gasteiger partial charge in [0.05, 0.1) is 35.4 Å². The molecule has 0 aliphatic carbocycles. The minimum absolute atomic E-state index is 0.180. The molecule has 8 nitrogen and oxygen atoms in total. The number of rotatable bonds is 9. The van der Waals surface area contributed by atoms with Gasteiger partial charge < -0.3 is 25.4 Å². The van der Waals surface area contributed by atoms with E-state index in [1.54, 1.807) is 55.9 Å². The van der Waals surface area contributed by atoms with Crippen molar-refractivity contribution in [3.8, 4) is 17.0 Å². The molecule has 0 aliphatic rings. The number of phenolic OH excluding ortho intramolecular Hbond substituents is 1. The highest BCUT2D eigenvalue weighted by atomic mass is 35.5. The SMILES string of the molecule is COCc1cc(Nc2cncc(-c3ccc(O)cc3)n2)c(Cl)cc1C(=O)NCCN(C)C. The van der Waals surface area contributed by atoms with E-state index >= 15 is 0 Å². The van der Waals surface area contributed by atoms with Crippen LogP contribution in [0.2, 0.25) is 5.02 Å². The topological polar surface area (TPSA) is 99.6 Å². The second-order valence-electron chi connectivity index (χ2n) is 7.44. The Morgan fingerprint density at radius 1 is 1.19 bits per heavy atom. The summed E-state index contributed by atoms with van der Waals surface area (Å²) in [6.45, 7) is 1.51. The van der Waals surface area contributed by atoms with Crippen molar-refractivity contribution in [2.75, 3.05) is 39.6 Å². The molecule has 3 N–H and O–H groups in total. The van der Waals surface area contributed by atoms with Gasteiger partial charge in [0.25, 0.3) is 5.91 Å². The molecule has 0 aliphatic heterocycles. The van der Waals surface area contributed by atoms with Crippen LogP contribution >= 0.6 is 11.6 Å². The largest absolute Gasteiger partial charge is 0.508 e. The summed E-state index contributed by atoms with van der Waals surface area (Å²) in [7, 11) is 5.46. The minimum atomic E-state index is -0.207. The lowest BCUT2D eigenvalue weighted by atomic mass is 10.1. The van der Waals surface area contributed by atoms with Crippen LogP contribution in [-0.4, -0.2) is 60.2 Å². The molecule has 32 heavy (non-hydrogen) atoms. The summed E-state index contributed by atoms with van der Waals surface area (Å²) in [5, 5.41) is 15.9. The number of benzene rings is 2. The number of phenols is 1. The number of methoxy groups -OCH3 is 1. The van der Waals surface area contributed by atoms with Crippen molar-refractivity contribution in [1.29, 1.82) is 0 Å². The quantitative estimate of drug-likeness (QED) is 0.452. The van der Waals surface area contributed by atoms with Gasteiger partial charge in [-0.25, -0.2) is 4.98 Å². The smallest absolute Gasteiger partial charge is 0.251 e. The number of nitrogens with zero attached hydrogens (tertiary/aromatic N) is 3. The Morgan fingerprint density at radius 2 is 1.94 bits per heavy atom. The highest BCUT2D eigenvalue weighted by Gasteiger charge is 2.16. The summed E-state index contributed by atoms with van der Waals surface area (Å²) in [5.74, 6) is 0.463. The second kappa shape index (κ2) is 10.9. The Hall–Kier alpha value is -3.20. The number of amides is 1. The molecule has 3 rings (SSSR count). The first-order valence-corrected chi connectivity index (χ1v) is 10.4. The Kier molecular flexibility index (Phi) is 7.99. The normalized spacial score (nSPS) is 10.9. The van der Waals surface area contributed by atoms with E-state index in [9.17, 15) is 9.90 Å². The molecule has 0 bridgehead atoms. The zero-order chi connectivity index (χ0) is 23.1. The van der Waals surface area contributed by atoms with Crippen molar-refractivity contribution in [2.24, 2.45) is 0 Å². The van der Waals surface area contributed by atoms with Crippen LogP contribution in [0.3, 0.4) is 0 Å². The summed E-state index contributed by atoms with van der Waals surface area (Å²) in [5.41, 5.74) is 3.20. The molecule has 0 saturated heterocycles. The Morgan fingerprint density at radius 3 is 2.62 bits per heavy atom. The number of aromatic hydroxyl groups is 1. The molecule has 0 atom stereocenters. The number of halogens is 1. The van der Waals surface area contributed by atoms with E-state index in [4.69, 9.17) is 16.3 Å². The van der Waals surface area contributed by atoms with Crippen molar-refractivity contribution in [3.05, 3.63) is 64.9 Å². The van der Waals surface area contributed by atoms with Gasteiger partial charge in [0, 0.05) is 31.3 Å². The van der Waals surface area contributed by atoms with Gasteiger partial charge in [0.2, 0.25) is 0 Å². The van der Waals surface area contributed by atoms with Crippen molar-refractivity contribution >= 4 is 29.0 Å². The first-order valence-electron chi connectivity index (χ1n) is 10.00. The van der Waals surface area contributed by atoms with E-state index in [0.29, 0.717) is 39.9 Å². The number of carbonyl (C=O) groups is 1. The van der Waals surface area contributed by atoms with Crippen molar-refractivity contribution in [1.82, 2.24) is 20.2 Å². The van der Waals surface area contributed by atoms with E-state index in [1.165, 1.54) is 0 Å².